The molecule has 2 aliphatic heterocycles. The number of hydrogen-bond donors (Lipinski definition) is 1. The van der Waals surface area contributed by atoms with Gasteiger partial charge in [-0.2, -0.15) is 0 Å². The molecule has 0 radical (unpaired) electrons. The molecule has 3 nitrogen and oxygen atoms in total. The van der Waals surface area contributed by atoms with Gasteiger partial charge in [0.25, 0.3) is 0 Å². The Bertz CT molecular complexity index is 416. The fourth-order valence-corrected chi connectivity index (χ4v) is 2.61. The molecule has 17 heavy (non-hydrogen) atoms. The predicted molar refractivity (Wildman–Crippen MR) is 61.4 cm³/mol. The van der Waals surface area contributed by atoms with Crippen molar-refractivity contribution in [2.24, 2.45) is 5.92 Å². The van der Waals surface area contributed by atoms with Gasteiger partial charge in [-0.25, -0.2) is 4.39 Å². The number of benzene rings is 1. The van der Waals surface area contributed by atoms with E-state index in [0.717, 1.165) is 42.8 Å². The molecule has 92 valence electrons. The first-order chi connectivity index (χ1) is 8.33. The summed E-state index contributed by atoms with van der Waals surface area (Å²) in [6.07, 6.45) is 2.04. The third-order valence-electron chi connectivity index (χ3n) is 3.42. The number of ether oxygens (including phenoxy) is 2. The Balaban J connectivity index is 1.88. The Morgan fingerprint density at radius 2 is 2.35 bits per heavy atom. The summed E-state index contributed by atoms with van der Waals surface area (Å²) in [6, 6.07) is 3.10. The van der Waals surface area contributed by atoms with Crippen LogP contribution in [0.4, 0.5) is 4.39 Å². The van der Waals surface area contributed by atoms with Crippen LogP contribution in [0.1, 0.15) is 17.5 Å². The lowest BCUT2D eigenvalue weighted by atomic mass is 9.96. The molecule has 0 aromatic heterocycles. The molecule has 0 amide bonds. The highest BCUT2D eigenvalue weighted by atomic mass is 19.1. The van der Waals surface area contributed by atoms with Crippen LogP contribution in [0.25, 0.3) is 0 Å². The average molecular weight is 237 g/mol. The van der Waals surface area contributed by atoms with Crippen molar-refractivity contribution in [3.05, 3.63) is 29.1 Å². The number of nitrogens with one attached hydrogen (secondary N) is 1. The van der Waals surface area contributed by atoms with Crippen LogP contribution in [0, 0.1) is 11.7 Å². The van der Waals surface area contributed by atoms with Gasteiger partial charge in [0.1, 0.15) is 11.6 Å². The molecule has 4 heteroatoms. The van der Waals surface area contributed by atoms with Gasteiger partial charge in [0.15, 0.2) is 6.79 Å². The second-order valence-corrected chi connectivity index (χ2v) is 4.73. The maximum atomic E-state index is 13.5. The SMILES string of the molecule is Fc1cc2c(c(CC3CCNC3)c1)OCOC2. The average Bonchev–Trinajstić information content (AvgIpc) is 2.81. The first kappa shape index (κ1) is 11.0. The number of rotatable bonds is 2. The van der Waals surface area contributed by atoms with E-state index in [2.05, 4.69) is 5.32 Å². The normalized spacial score (nSPS) is 23.2. The van der Waals surface area contributed by atoms with E-state index in [1.807, 2.05) is 0 Å². The van der Waals surface area contributed by atoms with Crippen molar-refractivity contribution >= 4 is 0 Å². The van der Waals surface area contributed by atoms with Crippen molar-refractivity contribution < 1.29 is 13.9 Å². The Hall–Kier alpha value is -1.13. The Kier molecular flexibility index (Phi) is 2.99. The predicted octanol–water partition coefficient (Wildman–Crippen LogP) is 1.84. The summed E-state index contributed by atoms with van der Waals surface area (Å²) in [6.45, 7) is 2.80. The monoisotopic (exact) mass is 237 g/mol. The van der Waals surface area contributed by atoms with Crippen LogP contribution in [0.5, 0.6) is 5.75 Å². The van der Waals surface area contributed by atoms with Crippen molar-refractivity contribution in [1.82, 2.24) is 5.32 Å². The van der Waals surface area contributed by atoms with E-state index >= 15 is 0 Å². The molecule has 1 saturated heterocycles. The second kappa shape index (κ2) is 4.63. The van der Waals surface area contributed by atoms with E-state index in [9.17, 15) is 4.39 Å². The summed E-state index contributed by atoms with van der Waals surface area (Å²) in [5.74, 6) is 1.23. The van der Waals surface area contributed by atoms with Crippen LogP contribution < -0.4 is 10.1 Å². The van der Waals surface area contributed by atoms with Crippen LogP contribution in [-0.4, -0.2) is 19.9 Å². The third-order valence-corrected chi connectivity index (χ3v) is 3.42. The van der Waals surface area contributed by atoms with Crippen LogP contribution in [0.2, 0.25) is 0 Å². The van der Waals surface area contributed by atoms with Gasteiger partial charge in [-0.1, -0.05) is 0 Å². The van der Waals surface area contributed by atoms with Gasteiger partial charge < -0.3 is 14.8 Å². The fourth-order valence-electron chi connectivity index (χ4n) is 2.61. The Morgan fingerprint density at radius 3 is 3.18 bits per heavy atom. The number of hydrogen-bond acceptors (Lipinski definition) is 3. The lowest BCUT2D eigenvalue weighted by Gasteiger charge is -2.22. The van der Waals surface area contributed by atoms with Gasteiger partial charge in [0, 0.05) is 5.56 Å². The molecule has 0 aliphatic carbocycles. The zero-order valence-electron chi connectivity index (χ0n) is 9.67. The van der Waals surface area contributed by atoms with Crippen LogP contribution in [0.3, 0.4) is 0 Å². The smallest absolute Gasteiger partial charge is 0.189 e. The van der Waals surface area contributed by atoms with Crippen LogP contribution >= 0.6 is 0 Å². The summed E-state index contributed by atoms with van der Waals surface area (Å²) in [4.78, 5) is 0. The molecule has 1 unspecified atom stereocenters. The second-order valence-electron chi connectivity index (χ2n) is 4.73. The van der Waals surface area contributed by atoms with Crippen molar-refractivity contribution in [3.8, 4) is 5.75 Å². The maximum Gasteiger partial charge on any atom is 0.189 e. The highest BCUT2D eigenvalue weighted by Crippen LogP contribution is 2.31. The third kappa shape index (κ3) is 2.28. The summed E-state index contributed by atoms with van der Waals surface area (Å²) < 4.78 is 24.2. The Morgan fingerprint density at radius 1 is 1.41 bits per heavy atom. The minimum Gasteiger partial charge on any atom is -0.467 e. The van der Waals surface area contributed by atoms with E-state index in [1.165, 1.54) is 6.07 Å². The quantitative estimate of drug-likeness (QED) is 0.851. The zero-order chi connectivity index (χ0) is 11.7. The molecule has 0 bridgehead atoms. The van der Waals surface area contributed by atoms with Gasteiger partial charge in [-0.05, 0) is 49.5 Å². The summed E-state index contributed by atoms with van der Waals surface area (Å²) in [5, 5.41) is 3.33. The topological polar surface area (TPSA) is 30.5 Å². The largest absolute Gasteiger partial charge is 0.467 e. The maximum absolute atomic E-state index is 13.5. The van der Waals surface area contributed by atoms with Crippen LogP contribution in [-0.2, 0) is 17.8 Å². The molecule has 2 aliphatic rings. The van der Waals surface area contributed by atoms with Gasteiger partial charge in [0.05, 0.1) is 6.61 Å². The molecular formula is C13H16FNO2. The molecular weight excluding hydrogens is 221 g/mol. The molecule has 1 fully saturated rings. The van der Waals surface area contributed by atoms with E-state index in [-0.39, 0.29) is 12.6 Å². The van der Waals surface area contributed by atoms with Gasteiger partial charge >= 0.3 is 0 Å². The molecule has 3 rings (SSSR count). The lowest BCUT2D eigenvalue weighted by molar-refractivity contribution is -0.0173. The molecule has 0 spiro atoms. The number of fused-ring (bicyclic) bond motifs is 1. The van der Waals surface area contributed by atoms with Crippen LogP contribution in [0.15, 0.2) is 12.1 Å². The summed E-state index contributed by atoms with van der Waals surface area (Å²) in [5.41, 5.74) is 1.81. The minimum absolute atomic E-state index is 0.196. The van der Waals surface area contributed by atoms with Crippen molar-refractivity contribution in [3.63, 3.8) is 0 Å². The van der Waals surface area contributed by atoms with Crippen molar-refractivity contribution in [2.45, 2.75) is 19.4 Å². The fraction of sp³-hybridized carbons (Fsp3) is 0.538. The molecule has 1 aromatic carbocycles. The van der Waals surface area contributed by atoms with Gasteiger partial charge in [-0.15, -0.1) is 0 Å². The molecule has 2 heterocycles. The first-order valence-corrected chi connectivity index (χ1v) is 6.05. The number of halogens is 1. The zero-order valence-corrected chi connectivity index (χ0v) is 9.67. The van der Waals surface area contributed by atoms with E-state index in [4.69, 9.17) is 9.47 Å². The van der Waals surface area contributed by atoms with Gasteiger partial charge in [0.2, 0.25) is 0 Å². The van der Waals surface area contributed by atoms with Crippen molar-refractivity contribution in [1.29, 1.82) is 0 Å². The van der Waals surface area contributed by atoms with Crippen molar-refractivity contribution in [2.75, 3.05) is 19.9 Å². The standard InChI is InChI=1S/C13H16FNO2/c14-12-4-10(3-9-1-2-15-6-9)13-11(5-12)7-16-8-17-13/h4-5,9,15H,1-3,6-8H2. The molecule has 1 aromatic rings. The summed E-state index contributed by atoms with van der Waals surface area (Å²) >= 11 is 0. The lowest BCUT2D eigenvalue weighted by Crippen LogP contribution is -2.16. The highest BCUT2D eigenvalue weighted by molar-refractivity contribution is 5.42. The van der Waals surface area contributed by atoms with E-state index in [0.29, 0.717) is 12.5 Å². The molecule has 1 atom stereocenters. The summed E-state index contributed by atoms with van der Waals surface area (Å²) in [7, 11) is 0. The molecule has 0 saturated carbocycles. The van der Waals surface area contributed by atoms with E-state index in [1.54, 1.807) is 6.07 Å². The highest BCUT2D eigenvalue weighted by Gasteiger charge is 2.21. The van der Waals surface area contributed by atoms with Gasteiger partial charge in [-0.3, -0.25) is 0 Å². The first-order valence-electron chi connectivity index (χ1n) is 6.05. The molecule has 1 N–H and O–H groups in total. The Labute approximate surface area is 99.9 Å². The van der Waals surface area contributed by atoms with E-state index < -0.39 is 0 Å². The minimum atomic E-state index is -0.196.